The summed E-state index contributed by atoms with van der Waals surface area (Å²) in [6, 6.07) is 0. The molecule has 0 amide bonds. The molecule has 0 radical (unpaired) electrons. The van der Waals surface area contributed by atoms with Gasteiger partial charge in [-0.15, -0.1) is 0 Å². The summed E-state index contributed by atoms with van der Waals surface area (Å²) in [4.78, 5) is 33.2. The second kappa shape index (κ2) is 19.8. The summed E-state index contributed by atoms with van der Waals surface area (Å²) < 4.78 is 0.216. The Bertz CT molecular complexity index is 501. The van der Waals surface area contributed by atoms with Gasteiger partial charge in [0.2, 0.25) is 0 Å². The number of carbonyl (C=O) groups is 3. The zero-order valence-electron chi connectivity index (χ0n) is 20.1. The van der Waals surface area contributed by atoms with Crippen LogP contribution in [0.2, 0.25) is 0 Å². The Labute approximate surface area is 194 Å². The number of hydrogen-bond acceptors (Lipinski definition) is 3. The van der Waals surface area contributed by atoms with E-state index in [9.17, 15) is 14.4 Å². The van der Waals surface area contributed by atoms with E-state index in [2.05, 4.69) is 19.1 Å². The first kappa shape index (κ1) is 30.1. The third-order valence-corrected chi connectivity index (χ3v) is 6.06. The second-order valence-electron chi connectivity index (χ2n) is 8.90. The van der Waals surface area contributed by atoms with Crippen molar-refractivity contribution in [3.8, 4) is 0 Å². The molecule has 0 aromatic heterocycles. The summed E-state index contributed by atoms with van der Waals surface area (Å²) in [5, 5.41) is 27.2. The van der Waals surface area contributed by atoms with Crippen LogP contribution in [0.25, 0.3) is 0 Å². The number of rotatable bonds is 23. The lowest BCUT2D eigenvalue weighted by atomic mass is 10.1. The standard InChI is InChI=1S/C25H45NO6/c1-2-3-4-5-6-7-8-9-10-11-12-13-14-15-19-26(20-16-23(27)28,21-17-24(29)30)22-18-25(31)32/h13-14H,2-12,15-22H2,1H3,(H2-,27,28,29,30,31,32)/p+1/b14-13+. The van der Waals surface area contributed by atoms with E-state index in [1.807, 2.05) is 0 Å². The van der Waals surface area contributed by atoms with Gasteiger partial charge in [0.25, 0.3) is 0 Å². The van der Waals surface area contributed by atoms with Crippen molar-refractivity contribution in [3.63, 3.8) is 0 Å². The normalized spacial score (nSPS) is 11.8. The molecular weight excluding hydrogens is 410 g/mol. The van der Waals surface area contributed by atoms with Gasteiger partial charge in [0.15, 0.2) is 0 Å². The number of allylic oxidation sites excluding steroid dienone is 1. The Morgan fingerprint density at radius 1 is 0.562 bits per heavy atom. The van der Waals surface area contributed by atoms with Crippen LogP contribution in [0.4, 0.5) is 0 Å². The Morgan fingerprint density at radius 2 is 0.938 bits per heavy atom. The average molecular weight is 457 g/mol. The lowest BCUT2D eigenvalue weighted by Crippen LogP contribution is -2.52. The van der Waals surface area contributed by atoms with Crippen molar-refractivity contribution in [2.75, 3.05) is 26.2 Å². The van der Waals surface area contributed by atoms with Gasteiger partial charge in [0.05, 0.1) is 45.4 Å². The van der Waals surface area contributed by atoms with Gasteiger partial charge >= 0.3 is 17.9 Å². The highest BCUT2D eigenvalue weighted by atomic mass is 16.4. The molecule has 0 fully saturated rings. The van der Waals surface area contributed by atoms with E-state index < -0.39 is 17.9 Å². The fraction of sp³-hybridized carbons (Fsp3) is 0.800. The fourth-order valence-electron chi connectivity index (χ4n) is 4.00. The van der Waals surface area contributed by atoms with Crippen molar-refractivity contribution in [1.82, 2.24) is 0 Å². The first-order chi connectivity index (χ1) is 15.3. The Hall–Kier alpha value is -1.89. The van der Waals surface area contributed by atoms with Crippen molar-refractivity contribution < 1.29 is 34.2 Å². The van der Waals surface area contributed by atoms with E-state index in [4.69, 9.17) is 15.3 Å². The van der Waals surface area contributed by atoms with Crippen molar-refractivity contribution in [2.24, 2.45) is 0 Å². The van der Waals surface area contributed by atoms with E-state index in [0.29, 0.717) is 13.0 Å². The Balaban J connectivity index is 4.30. The van der Waals surface area contributed by atoms with E-state index >= 15 is 0 Å². The maximum absolute atomic E-state index is 11.1. The molecule has 0 bridgehead atoms. The molecule has 0 aliphatic heterocycles. The second-order valence-corrected chi connectivity index (χ2v) is 8.90. The highest BCUT2D eigenvalue weighted by molar-refractivity contribution is 5.67. The zero-order valence-corrected chi connectivity index (χ0v) is 20.1. The summed E-state index contributed by atoms with van der Waals surface area (Å²) in [6.45, 7) is 3.55. The fourth-order valence-corrected chi connectivity index (χ4v) is 4.00. The summed E-state index contributed by atoms with van der Waals surface area (Å²) in [5.74, 6) is -2.85. The number of unbranched alkanes of at least 4 members (excludes halogenated alkanes) is 10. The van der Waals surface area contributed by atoms with Gasteiger partial charge in [-0.05, 0) is 12.8 Å². The van der Waals surface area contributed by atoms with Crippen LogP contribution in [0.5, 0.6) is 0 Å². The zero-order chi connectivity index (χ0) is 24.1. The maximum Gasteiger partial charge on any atom is 0.309 e. The van der Waals surface area contributed by atoms with Gasteiger partial charge < -0.3 is 19.8 Å². The summed E-state index contributed by atoms with van der Waals surface area (Å²) in [5.41, 5.74) is 0. The lowest BCUT2D eigenvalue weighted by Gasteiger charge is -2.37. The van der Waals surface area contributed by atoms with Gasteiger partial charge in [-0.1, -0.05) is 76.9 Å². The molecule has 186 valence electrons. The van der Waals surface area contributed by atoms with Crippen LogP contribution >= 0.6 is 0 Å². The molecular formula is C25H46NO6+. The maximum atomic E-state index is 11.1. The van der Waals surface area contributed by atoms with Crippen LogP contribution in [-0.4, -0.2) is 63.9 Å². The van der Waals surface area contributed by atoms with Gasteiger partial charge in [0, 0.05) is 6.42 Å². The van der Waals surface area contributed by atoms with E-state index in [1.165, 1.54) is 57.8 Å². The molecule has 0 aromatic rings. The third-order valence-electron chi connectivity index (χ3n) is 6.06. The number of quaternary nitrogens is 1. The lowest BCUT2D eigenvalue weighted by molar-refractivity contribution is -0.926. The summed E-state index contributed by atoms with van der Waals surface area (Å²) >= 11 is 0. The topological polar surface area (TPSA) is 112 Å². The number of hydrogen-bond donors (Lipinski definition) is 3. The molecule has 0 aliphatic rings. The molecule has 32 heavy (non-hydrogen) atoms. The monoisotopic (exact) mass is 456 g/mol. The van der Waals surface area contributed by atoms with Gasteiger partial charge in [0.1, 0.15) is 0 Å². The van der Waals surface area contributed by atoms with Gasteiger partial charge in [-0.25, -0.2) is 0 Å². The molecule has 3 N–H and O–H groups in total. The number of nitrogens with zero attached hydrogens (tertiary/aromatic N) is 1. The molecule has 0 aromatic carbocycles. The van der Waals surface area contributed by atoms with Crippen LogP contribution in [0.1, 0.15) is 103 Å². The van der Waals surface area contributed by atoms with Crippen molar-refractivity contribution in [3.05, 3.63) is 12.2 Å². The minimum absolute atomic E-state index is 0.0957. The first-order valence-electron chi connectivity index (χ1n) is 12.5. The molecule has 0 spiro atoms. The number of carboxylic acids is 3. The minimum atomic E-state index is -0.949. The van der Waals surface area contributed by atoms with Crippen LogP contribution in [0.3, 0.4) is 0 Å². The molecule has 7 heteroatoms. The SMILES string of the molecule is CCCCCCCCCCCC/C=C/CC[N+](CCC(=O)O)(CCC(=O)O)CCC(=O)O. The molecule has 0 saturated carbocycles. The molecule has 7 nitrogen and oxygen atoms in total. The smallest absolute Gasteiger partial charge is 0.309 e. The third kappa shape index (κ3) is 18.8. The molecule has 0 unspecified atom stereocenters. The van der Waals surface area contributed by atoms with E-state index in [1.54, 1.807) is 0 Å². The molecule has 0 aliphatic carbocycles. The van der Waals surface area contributed by atoms with Crippen molar-refractivity contribution in [1.29, 1.82) is 0 Å². The van der Waals surface area contributed by atoms with Crippen LogP contribution in [0.15, 0.2) is 12.2 Å². The van der Waals surface area contributed by atoms with Crippen molar-refractivity contribution in [2.45, 2.75) is 103 Å². The molecule has 0 saturated heterocycles. The number of aliphatic carboxylic acids is 3. The van der Waals surface area contributed by atoms with E-state index in [-0.39, 0.29) is 43.4 Å². The predicted molar refractivity (Wildman–Crippen MR) is 127 cm³/mol. The first-order valence-corrected chi connectivity index (χ1v) is 12.5. The molecule has 0 heterocycles. The van der Waals surface area contributed by atoms with Gasteiger partial charge in [-0.2, -0.15) is 0 Å². The average Bonchev–Trinajstić information content (AvgIpc) is 2.74. The van der Waals surface area contributed by atoms with Crippen LogP contribution in [0, 0.1) is 0 Å². The van der Waals surface area contributed by atoms with Crippen molar-refractivity contribution >= 4 is 17.9 Å². The van der Waals surface area contributed by atoms with Gasteiger partial charge in [-0.3, -0.25) is 14.4 Å². The summed E-state index contributed by atoms with van der Waals surface area (Å²) in [7, 11) is 0. The predicted octanol–water partition coefficient (Wildman–Crippen LogP) is 5.48. The largest absolute Gasteiger partial charge is 0.481 e. The minimum Gasteiger partial charge on any atom is -0.481 e. The highest BCUT2D eigenvalue weighted by Gasteiger charge is 2.29. The summed E-state index contributed by atoms with van der Waals surface area (Å²) in [6.07, 6.45) is 18.7. The Morgan fingerprint density at radius 3 is 1.34 bits per heavy atom. The quantitative estimate of drug-likeness (QED) is 0.107. The highest BCUT2D eigenvalue weighted by Crippen LogP contribution is 2.15. The number of carboxylic acid groups (broad SMARTS) is 3. The van der Waals surface area contributed by atoms with E-state index in [0.717, 1.165) is 12.8 Å². The Kier molecular flexibility index (Phi) is 18.6. The van der Waals surface area contributed by atoms with Crippen LogP contribution < -0.4 is 0 Å². The van der Waals surface area contributed by atoms with Crippen LogP contribution in [-0.2, 0) is 14.4 Å². The molecule has 0 atom stereocenters. The molecule has 0 rings (SSSR count).